The summed E-state index contributed by atoms with van der Waals surface area (Å²) in [4.78, 5) is 13.6. The third kappa shape index (κ3) is 2.56. The van der Waals surface area contributed by atoms with Gasteiger partial charge in [-0.1, -0.05) is 12.1 Å². The first-order valence-corrected chi connectivity index (χ1v) is 6.13. The molecule has 1 aliphatic rings. The smallest absolute Gasteiger partial charge is 0.239 e. The van der Waals surface area contributed by atoms with E-state index in [0.29, 0.717) is 32.0 Å². The minimum absolute atomic E-state index is 0.000230. The number of fused-ring (bicyclic) bond motifs is 1. The Balaban J connectivity index is 2.20. The Morgan fingerprint density at radius 1 is 1.56 bits per heavy atom. The Kier molecular flexibility index (Phi) is 4.04. The number of carbonyl (C=O) groups is 1. The summed E-state index contributed by atoms with van der Waals surface area (Å²) in [6.07, 6.45) is 0. The van der Waals surface area contributed by atoms with Gasteiger partial charge in [0.1, 0.15) is 12.4 Å². The van der Waals surface area contributed by atoms with Crippen LogP contribution in [0.15, 0.2) is 18.2 Å². The van der Waals surface area contributed by atoms with Crippen LogP contribution in [0, 0.1) is 0 Å². The molecule has 5 nitrogen and oxygen atoms in total. The third-order valence-electron chi connectivity index (χ3n) is 2.90. The van der Waals surface area contributed by atoms with Crippen LogP contribution in [0.4, 0.5) is 5.69 Å². The van der Waals surface area contributed by atoms with Crippen molar-refractivity contribution in [3.05, 3.63) is 23.8 Å². The lowest BCUT2D eigenvalue weighted by atomic mass is 10.1. The Morgan fingerprint density at radius 2 is 2.39 bits per heavy atom. The molecule has 2 rings (SSSR count). The van der Waals surface area contributed by atoms with E-state index in [1.807, 2.05) is 30.0 Å². The van der Waals surface area contributed by atoms with Crippen molar-refractivity contribution in [2.24, 2.45) is 0 Å². The number of amides is 1. The lowest BCUT2D eigenvalue weighted by molar-refractivity contribution is -0.119. The van der Waals surface area contributed by atoms with E-state index in [0.717, 1.165) is 11.3 Å². The van der Waals surface area contributed by atoms with E-state index in [4.69, 9.17) is 4.74 Å². The van der Waals surface area contributed by atoms with Crippen molar-refractivity contribution in [3.63, 3.8) is 0 Å². The van der Waals surface area contributed by atoms with Crippen LogP contribution in [0.2, 0.25) is 0 Å². The second-order valence-electron chi connectivity index (χ2n) is 4.15. The maximum Gasteiger partial charge on any atom is 0.239 e. The van der Waals surface area contributed by atoms with Crippen molar-refractivity contribution in [1.82, 2.24) is 5.32 Å². The molecule has 0 fully saturated rings. The van der Waals surface area contributed by atoms with Crippen molar-refractivity contribution in [2.45, 2.75) is 13.5 Å². The molecule has 0 atom stereocenters. The fraction of sp³-hybridized carbons (Fsp3) is 0.462. The highest BCUT2D eigenvalue weighted by molar-refractivity contribution is 5.82. The number of likely N-dealkylation sites (N-methyl/N-ethyl adjacent to an activating group) is 1. The molecule has 1 amide bonds. The number of para-hydroxylation sites is 1. The summed E-state index contributed by atoms with van der Waals surface area (Å²) in [5, 5.41) is 12.0. The van der Waals surface area contributed by atoms with Gasteiger partial charge in [-0.15, -0.1) is 0 Å². The van der Waals surface area contributed by atoms with E-state index >= 15 is 0 Å². The molecule has 2 N–H and O–H groups in total. The first-order valence-electron chi connectivity index (χ1n) is 6.13. The molecule has 0 saturated heterocycles. The van der Waals surface area contributed by atoms with Crippen LogP contribution >= 0.6 is 0 Å². The summed E-state index contributed by atoms with van der Waals surface area (Å²) in [6, 6.07) is 5.60. The largest absolute Gasteiger partial charge is 0.489 e. The topological polar surface area (TPSA) is 61.8 Å². The quantitative estimate of drug-likeness (QED) is 0.817. The molecule has 98 valence electrons. The standard InChI is InChI=1S/C13H18N2O3/c1-2-14-12(17)8-15-6-7-18-13-10(9-16)4-3-5-11(13)15/h3-5,16H,2,6-9H2,1H3,(H,14,17). The highest BCUT2D eigenvalue weighted by atomic mass is 16.5. The van der Waals surface area contributed by atoms with Gasteiger partial charge in [-0.3, -0.25) is 4.79 Å². The Morgan fingerprint density at radius 3 is 3.11 bits per heavy atom. The zero-order valence-corrected chi connectivity index (χ0v) is 10.5. The molecule has 0 spiro atoms. The number of nitrogens with one attached hydrogen (secondary N) is 1. The van der Waals surface area contributed by atoms with Gasteiger partial charge in [0.25, 0.3) is 0 Å². The number of nitrogens with zero attached hydrogens (tertiary/aromatic N) is 1. The van der Waals surface area contributed by atoms with Gasteiger partial charge >= 0.3 is 0 Å². The molecule has 0 radical (unpaired) electrons. The summed E-state index contributed by atoms with van der Waals surface area (Å²) in [7, 11) is 0. The monoisotopic (exact) mass is 250 g/mol. The maximum absolute atomic E-state index is 11.6. The number of anilines is 1. The number of benzene rings is 1. The average molecular weight is 250 g/mol. The second-order valence-corrected chi connectivity index (χ2v) is 4.15. The number of aliphatic hydroxyl groups is 1. The van der Waals surface area contributed by atoms with Gasteiger partial charge in [-0.2, -0.15) is 0 Å². The summed E-state index contributed by atoms with van der Waals surface area (Å²) in [5.41, 5.74) is 1.63. The maximum atomic E-state index is 11.6. The normalized spacial score (nSPS) is 13.8. The summed E-state index contributed by atoms with van der Waals surface area (Å²) in [5.74, 6) is 0.690. The zero-order valence-electron chi connectivity index (χ0n) is 10.5. The highest BCUT2D eigenvalue weighted by Gasteiger charge is 2.21. The van der Waals surface area contributed by atoms with Crippen LogP contribution in [-0.2, 0) is 11.4 Å². The number of carbonyl (C=O) groups excluding carboxylic acids is 1. The fourth-order valence-corrected chi connectivity index (χ4v) is 2.08. The number of hydrogen-bond acceptors (Lipinski definition) is 4. The predicted molar refractivity (Wildman–Crippen MR) is 68.8 cm³/mol. The molecule has 0 saturated carbocycles. The molecule has 0 unspecified atom stereocenters. The Labute approximate surface area is 106 Å². The van der Waals surface area contributed by atoms with Crippen LogP contribution in [0.5, 0.6) is 5.75 Å². The van der Waals surface area contributed by atoms with E-state index in [9.17, 15) is 9.90 Å². The number of ether oxygens (including phenoxy) is 1. The van der Waals surface area contributed by atoms with Crippen LogP contribution in [-0.4, -0.2) is 37.3 Å². The Hall–Kier alpha value is -1.75. The molecule has 18 heavy (non-hydrogen) atoms. The van der Waals surface area contributed by atoms with E-state index in [-0.39, 0.29) is 12.5 Å². The molecule has 0 aliphatic carbocycles. The first-order chi connectivity index (χ1) is 8.76. The minimum Gasteiger partial charge on any atom is -0.489 e. The van der Waals surface area contributed by atoms with Gasteiger partial charge in [0.15, 0.2) is 0 Å². The van der Waals surface area contributed by atoms with Crippen molar-refractivity contribution in [1.29, 1.82) is 0 Å². The molecule has 1 heterocycles. The third-order valence-corrected chi connectivity index (χ3v) is 2.90. The van der Waals surface area contributed by atoms with Crippen molar-refractivity contribution in [3.8, 4) is 5.75 Å². The highest BCUT2D eigenvalue weighted by Crippen LogP contribution is 2.34. The van der Waals surface area contributed by atoms with Crippen LogP contribution in [0.3, 0.4) is 0 Å². The average Bonchev–Trinajstić information content (AvgIpc) is 2.38. The lowest BCUT2D eigenvalue weighted by Gasteiger charge is -2.31. The molecule has 1 aromatic rings. The van der Waals surface area contributed by atoms with Gasteiger partial charge < -0.3 is 20.1 Å². The number of aliphatic hydroxyl groups excluding tert-OH is 1. The SMILES string of the molecule is CCNC(=O)CN1CCOc2c(CO)cccc21. The van der Waals surface area contributed by atoms with Gasteiger partial charge in [0, 0.05) is 12.1 Å². The van der Waals surface area contributed by atoms with Crippen LogP contribution in [0.1, 0.15) is 12.5 Å². The molecule has 0 aromatic heterocycles. The molecule has 0 bridgehead atoms. The fourth-order valence-electron chi connectivity index (χ4n) is 2.08. The van der Waals surface area contributed by atoms with Gasteiger partial charge in [-0.25, -0.2) is 0 Å². The molecular weight excluding hydrogens is 232 g/mol. The minimum atomic E-state index is -0.0574. The summed E-state index contributed by atoms with van der Waals surface area (Å²) >= 11 is 0. The van der Waals surface area contributed by atoms with Gasteiger partial charge in [0.05, 0.1) is 25.4 Å². The van der Waals surface area contributed by atoms with Crippen molar-refractivity contribution < 1.29 is 14.6 Å². The van der Waals surface area contributed by atoms with E-state index in [2.05, 4.69) is 5.32 Å². The van der Waals surface area contributed by atoms with Crippen LogP contribution in [0.25, 0.3) is 0 Å². The molecule has 1 aliphatic heterocycles. The van der Waals surface area contributed by atoms with Crippen molar-refractivity contribution in [2.75, 3.05) is 31.1 Å². The molecule has 1 aromatic carbocycles. The van der Waals surface area contributed by atoms with E-state index < -0.39 is 0 Å². The van der Waals surface area contributed by atoms with Crippen LogP contribution < -0.4 is 15.0 Å². The zero-order chi connectivity index (χ0) is 13.0. The second kappa shape index (κ2) is 5.73. The molecule has 5 heteroatoms. The summed E-state index contributed by atoms with van der Waals surface area (Å²) < 4.78 is 5.58. The van der Waals surface area contributed by atoms with Gasteiger partial charge in [-0.05, 0) is 13.0 Å². The Bertz CT molecular complexity index is 434. The predicted octanol–water partition coefficient (Wildman–Crippen LogP) is 0.514. The number of hydrogen-bond donors (Lipinski definition) is 2. The molecular formula is C13H18N2O3. The first kappa shape index (κ1) is 12.7. The number of rotatable bonds is 4. The lowest BCUT2D eigenvalue weighted by Crippen LogP contribution is -2.41. The summed E-state index contributed by atoms with van der Waals surface area (Å²) in [6.45, 7) is 4.00. The van der Waals surface area contributed by atoms with Crippen molar-refractivity contribution >= 4 is 11.6 Å². The van der Waals surface area contributed by atoms with Gasteiger partial charge in [0.2, 0.25) is 5.91 Å². The van der Waals surface area contributed by atoms with E-state index in [1.165, 1.54) is 0 Å². The van der Waals surface area contributed by atoms with E-state index in [1.54, 1.807) is 0 Å².